The molecule has 1 unspecified atom stereocenters. The summed E-state index contributed by atoms with van der Waals surface area (Å²) in [5, 5.41) is 8.26. The first-order valence-electron chi connectivity index (χ1n) is 3.16. The number of nitrogens with two attached hydrogens (primary N) is 1. The lowest BCUT2D eigenvalue weighted by Gasteiger charge is -2.36. The minimum atomic E-state index is -0.318. The summed E-state index contributed by atoms with van der Waals surface area (Å²) in [5.74, 6) is -0.318. The van der Waals surface area contributed by atoms with Gasteiger partial charge >= 0.3 is 0 Å². The van der Waals surface area contributed by atoms with Gasteiger partial charge in [0.1, 0.15) is 0 Å². The van der Waals surface area contributed by atoms with Crippen molar-refractivity contribution in [3.8, 4) is 6.07 Å². The van der Waals surface area contributed by atoms with Crippen molar-refractivity contribution >= 4 is 5.91 Å². The number of amides is 1. The van der Waals surface area contributed by atoms with Gasteiger partial charge in [-0.15, -0.1) is 0 Å². The number of nitrogens with zero attached hydrogens (tertiary/aromatic N) is 2. The predicted molar refractivity (Wildman–Crippen MR) is 34.8 cm³/mol. The smallest absolute Gasteiger partial charge is 0.234 e. The second-order valence-corrected chi connectivity index (χ2v) is 2.34. The summed E-state index contributed by atoms with van der Waals surface area (Å²) >= 11 is 0. The van der Waals surface area contributed by atoms with Gasteiger partial charge in [0.05, 0.1) is 18.7 Å². The fraction of sp³-hybridized carbons (Fsp3) is 0.667. The van der Waals surface area contributed by atoms with E-state index in [1.54, 1.807) is 4.90 Å². The molecule has 0 aliphatic carbocycles. The van der Waals surface area contributed by atoms with Crippen molar-refractivity contribution in [2.45, 2.75) is 12.5 Å². The molecule has 54 valence electrons. The molecule has 0 saturated carbocycles. The summed E-state index contributed by atoms with van der Waals surface area (Å²) in [6, 6.07) is 1.79. The molecule has 10 heavy (non-hydrogen) atoms. The van der Waals surface area contributed by atoms with E-state index >= 15 is 0 Å². The quantitative estimate of drug-likeness (QED) is 0.502. The normalized spacial score (nSPS) is 24.9. The minimum absolute atomic E-state index is 0.181. The van der Waals surface area contributed by atoms with Gasteiger partial charge in [-0.1, -0.05) is 0 Å². The van der Waals surface area contributed by atoms with E-state index in [1.807, 2.05) is 6.07 Å². The predicted octanol–water partition coefficient (Wildman–Crippen LogP) is -0.930. The van der Waals surface area contributed by atoms with Crippen molar-refractivity contribution in [3.05, 3.63) is 0 Å². The maximum atomic E-state index is 10.5. The van der Waals surface area contributed by atoms with Crippen molar-refractivity contribution in [1.29, 1.82) is 5.26 Å². The minimum Gasteiger partial charge on any atom is -0.368 e. The fourth-order valence-corrected chi connectivity index (χ4v) is 1.04. The SMILES string of the molecule is N#CCN1CCC1C(N)=O. The number of primary amides is 1. The number of hydrogen-bond acceptors (Lipinski definition) is 3. The number of likely N-dealkylation sites (tertiary alicyclic amines) is 1. The molecule has 1 atom stereocenters. The average molecular weight is 139 g/mol. The van der Waals surface area contributed by atoms with Gasteiger partial charge in [0.2, 0.25) is 5.91 Å². The van der Waals surface area contributed by atoms with Crippen molar-refractivity contribution in [2.75, 3.05) is 13.1 Å². The Hall–Kier alpha value is -1.08. The summed E-state index contributed by atoms with van der Waals surface area (Å²) in [7, 11) is 0. The van der Waals surface area contributed by atoms with Gasteiger partial charge < -0.3 is 5.73 Å². The lowest BCUT2D eigenvalue weighted by molar-refractivity contribution is -0.126. The van der Waals surface area contributed by atoms with E-state index < -0.39 is 0 Å². The highest BCUT2D eigenvalue weighted by Gasteiger charge is 2.31. The van der Waals surface area contributed by atoms with Gasteiger partial charge in [-0.25, -0.2) is 0 Å². The summed E-state index contributed by atoms with van der Waals surface area (Å²) in [4.78, 5) is 12.3. The lowest BCUT2D eigenvalue weighted by Crippen LogP contribution is -2.54. The Kier molecular flexibility index (Phi) is 1.88. The zero-order chi connectivity index (χ0) is 7.56. The molecule has 1 rings (SSSR count). The monoisotopic (exact) mass is 139 g/mol. The number of carbonyl (C=O) groups is 1. The van der Waals surface area contributed by atoms with E-state index in [-0.39, 0.29) is 11.9 Å². The third-order valence-electron chi connectivity index (χ3n) is 1.73. The molecule has 0 radical (unpaired) electrons. The first-order chi connectivity index (χ1) is 4.75. The molecule has 1 amide bonds. The Morgan fingerprint density at radius 3 is 2.90 bits per heavy atom. The first-order valence-corrected chi connectivity index (χ1v) is 3.16. The first kappa shape index (κ1) is 7.03. The van der Waals surface area contributed by atoms with Gasteiger partial charge in [-0.05, 0) is 6.42 Å². The standard InChI is InChI=1S/C6H9N3O/c7-2-4-9-3-1-5(9)6(8)10/h5H,1,3-4H2,(H2,8,10). The molecule has 0 spiro atoms. The van der Waals surface area contributed by atoms with Crippen molar-refractivity contribution in [2.24, 2.45) is 5.73 Å². The molecule has 4 heteroatoms. The Bertz CT molecular complexity index is 184. The van der Waals surface area contributed by atoms with Crippen molar-refractivity contribution in [3.63, 3.8) is 0 Å². The number of carbonyl (C=O) groups excluding carboxylic acids is 1. The second-order valence-electron chi connectivity index (χ2n) is 2.34. The van der Waals surface area contributed by atoms with Crippen LogP contribution < -0.4 is 5.73 Å². The Balaban J connectivity index is 2.37. The molecule has 4 nitrogen and oxygen atoms in total. The summed E-state index contributed by atoms with van der Waals surface area (Å²) in [6.07, 6.45) is 0.803. The third-order valence-corrected chi connectivity index (χ3v) is 1.73. The van der Waals surface area contributed by atoms with E-state index in [0.717, 1.165) is 13.0 Å². The molecule has 2 N–H and O–H groups in total. The molecule has 0 aromatic rings. The zero-order valence-corrected chi connectivity index (χ0v) is 5.58. The van der Waals surface area contributed by atoms with Crippen LogP contribution in [0, 0.1) is 11.3 Å². The van der Waals surface area contributed by atoms with Gasteiger partial charge in [0.15, 0.2) is 0 Å². The van der Waals surface area contributed by atoms with E-state index in [9.17, 15) is 4.79 Å². The summed E-state index contributed by atoms with van der Waals surface area (Å²) < 4.78 is 0. The van der Waals surface area contributed by atoms with Crippen LogP contribution in [-0.4, -0.2) is 29.9 Å². The van der Waals surface area contributed by atoms with Crippen LogP contribution in [0.3, 0.4) is 0 Å². The van der Waals surface area contributed by atoms with E-state index in [4.69, 9.17) is 11.0 Å². The molecule has 0 aromatic carbocycles. The molecule has 1 aliphatic rings. The topological polar surface area (TPSA) is 70.1 Å². The van der Waals surface area contributed by atoms with Crippen LogP contribution in [0.15, 0.2) is 0 Å². The summed E-state index contributed by atoms with van der Waals surface area (Å²) in [5.41, 5.74) is 5.03. The Morgan fingerprint density at radius 1 is 1.90 bits per heavy atom. The van der Waals surface area contributed by atoms with Crippen molar-refractivity contribution in [1.82, 2.24) is 4.90 Å². The van der Waals surface area contributed by atoms with Gasteiger partial charge in [-0.3, -0.25) is 9.69 Å². The lowest BCUT2D eigenvalue weighted by atomic mass is 10.0. The Labute approximate surface area is 59.2 Å². The fourth-order valence-electron chi connectivity index (χ4n) is 1.04. The molecule has 0 aromatic heterocycles. The largest absolute Gasteiger partial charge is 0.368 e. The third kappa shape index (κ3) is 1.09. The Morgan fingerprint density at radius 2 is 2.60 bits per heavy atom. The average Bonchev–Trinajstić information content (AvgIpc) is 1.78. The van der Waals surface area contributed by atoms with Crippen LogP contribution in [0.5, 0.6) is 0 Å². The number of nitriles is 1. The number of rotatable bonds is 2. The maximum absolute atomic E-state index is 10.5. The zero-order valence-electron chi connectivity index (χ0n) is 5.58. The van der Waals surface area contributed by atoms with Crippen LogP contribution in [-0.2, 0) is 4.79 Å². The molecule has 1 heterocycles. The van der Waals surface area contributed by atoms with Crippen LogP contribution in [0.2, 0.25) is 0 Å². The van der Waals surface area contributed by atoms with Crippen LogP contribution in [0.1, 0.15) is 6.42 Å². The highest BCUT2D eigenvalue weighted by Crippen LogP contribution is 2.14. The molecular formula is C6H9N3O. The summed E-state index contributed by atoms with van der Waals surface area (Å²) in [6.45, 7) is 1.13. The number of hydrogen-bond donors (Lipinski definition) is 1. The van der Waals surface area contributed by atoms with Crippen LogP contribution in [0.25, 0.3) is 0 Å². The van der Waals surface area contributed by atoms with Crippen LogP contribution >= 0.6 is 0 Å². The maximum Gasteiger partial charge on any atom is 0.234 e. The molecule has 1 fully saturated rings. The van der Waals surface area contributed by atoms with E-state index in [2.05, 4.69) is 0 Å². The highest BCUT2D eigenvalue weighted by atomic mass is 16.1. The van der Waals surface area contributed by atoms with Gasteiger partial charge in [0, 0.05) is 6.54 Å². The molecule has 1 aliphatic heterocycles. The van der Waals surface area contributed by atoms with Crippen LogP contribution in [0.4, 0.5) is 0 Å². The molecule has 0 bridgehead atoms. The second kappa shape index (κ2) is 2.67. The van der Waals surface area contributed by atoms with Crippen molar-refractivity contribution < 1.29 is 4.79 Å². The van der Waals surface area contributed by atoms with Gasteiger partial charge in [0.25, 0.3) is 0 Å². The highest BCUT2D eigenvalue weighted by molar-refractivity contribution is 5.80. The molecular weight excluding hydrogens is 130 g/mol. The van der Waals surface area contributed by atoms with E-state index in [0.29, 0.717) is 6.54 Å². The molecule has 1 saturated heterocycles. The van der Waals surface area contributed by atoms with Gasteiger partial charge in [-0.2, -0.15) is 5.26 Å². The van der Waals surface area contributed by atoms with E-state index in [1.165, 1.54) is 0 Å².